The van der Waals surface area contributed by atoms with Crippen LogP contribution < -0.4 is 4.74 Å². The first-order chi connectivity index (χ1) is 11.8. The number of hydrogen-bond acceptors (Lipinski definition) is 6. The molecule has 128 valence electrons. The van der Waals surface area contributed by atoms with Crippen LogP contribution in [-0.2, 0) is 11.3 Å². The highest BCUT2D eigenvalue weighted by Crippen LogP contribution is 2.35. The molecule has 24 heavy (non-hydrogen) atoms. The third kappa shape index (κ3) is 3.30. The number of furan rings is 1. The van der Waals surface area contributed by atoms with Crippen molar-refractivity contribution in [3.63, 3.8) is 0 Å². The predicted octanol–water partition coefficient (Wildman–Crippen LogP) is 2.44. The molecular weight excluding hydrogens is 306 g/mol. The van der Waals surface area contributed by atoms with Gasteiger partial charge in [-0.2, -0.15) is 0 Å². The number of fused-ring (bicyclic) bond motifs is 1. The van der Waals surface area contributed by atoms with Gasteiger partial charge in [0.15, 0.2) is 0 Å². The quantitative estimate of drug-likeness (QED) is 0.840. The van der Waals surface area contributed by atoms with Crippen molar-refractivity contribution >= 4 is 0 Å². The first-order valence-electron chi connectivity index (χ1n) is 8.60. The van der Waals surface area contributed by atoms with Gasteiger partial charge in [-0.3, -0.25) is 4.90 Å². The summed E-state index contributed by atoms with van der Waals surface area (Å²) in [6, 6.07) is 6.77. The summed E-state index contributed by atoms with van der Waals surface area (Å²) in [4.78, 5) is 10.7. The fourth-order valence-corrected chi connectivity index (χ4v) is 3.82. The zero-order valence-electron chi connectivity index (χ0n) is 13.9. The molecule has 4 rings (SSSR count). The van der Waals surface area contributed by atoms with Gasteiger partial charge in [0.25, 0.3) is 0 Å². The monoisotopic (exact) mass is 329 g/mol. The Bertz CT molecular complexity index is 661. The van der Waals surface area contributed by atoms with E-state index in [2.05, 4.69) is 20.9 Å². The van der Waals surface area contributed by atoms with Crippen LogP contribution in [0.2, 0.25) is 0 Å². The van der Waals surface area contributed by atoms with Gasteiger partial charge in [-0.25, -0.2) is 9.97 Å². The largest absolute Gasteiger partial charge is 0.465 e. The van der Waals surface area contributed by atoms with E-state index in [1.165, 1.54) is 0 Å². The molecule has 2 aliphatic rings. The second kappa shape index (κ2) is 6.91. The molecule has 2 aromatic heterocycles. The minimum absolute atomic E-state index is 0.221. The molecule has 2 fully saturated rings. The lowest BCUT2D eigenvalue weighted by atomic mass is 10.0. The second-order valence-corrected chi connectivity index (χ2v) is 6.57. The Balaban J connectivity index is 1.37. The van der Waals surface area contributed by atoms with Crippen molar-refractivity contribution in [3.05, 3.63) is 42.1 Å². The van der Waals surface area contributed by atoms with Gasteiger partial charge in [0.05, 0.1) is 25.9 Å². The maximum absolute atomic E-state index is 6.08. The lowest BCUT2D eigenvalue weighted by Gasteiger charge is -2.38. The van der Waals surface area contributed by atoms with Crippen molar-refractivity contribution in [2.45, 2.75) is 38.5 Å². The third-order valence-corrected chi connectivity index (χ3v) is 4.96. The summed E-state index contributed by atoms with van der Waals surface area (Å²) < 4.78 is 17.6. The molecule has 0 spiro atoms. The lowest BCUT2D eigenvalue weighted by Crippen LogP contribution is -2.50. The molecular formula is C18H23N3O3. The Labute approximate surface area is 141 Å². The van der Waals surface area contributed by atoms with Gasteiger partial charge in [-0.05, 0) is 38.0 Å². The highest BCUT2D eigenvalue weighted by molar-refractivity contribution is 5.07. The van der Waals surface area contributed by atoms with E-state index in [4.69, 9.17) is 13.9 Å². The van der Waals surface area contributed by atoms with Gasteiger partial charge < -0.3 is 13.9 Å². The van der Waals surface area contributed by atoms with Gasteiger partial charge in [0, 0.05) is 30.9 Å². The normalized spacial score (nSPS) is 27.1. The van der Waals surface area contributed by atoms with Gasteiger partial charge in [-0.1, -0.05) is 0 Å². The molecule has 3 heterocycles. The van der Waals surface area contributed by atoms with Crippen LogP contribution in [0.1, 0.15) is 24.4 Å². The molecule has 6 nitrogen and oxygen atoms in total. The van der Waals surface area contributed by atoms with Crippen molar-refractivity contribution < 1.29 is 13.9 Å². The molecule has 0 unspecified atom stereocenters. The van der Waals surface area contributed by atoms with Crippen molar-refractivity contribution in [2.75, 3.05) is 19.8 Å². The summed E-state index contributed by atoms with van der Waals surface area (Å²) in [5.41, 5.74) is 0. The number of rotatable bonds is 5. The van der Waals surface area contributed by atoms with Crippen molar-refractivity contribution in [3.8, 4) is 6.01 Å². The van der Waals surface area contributed by atoms with Crippen LogP contribution in [-0.4, -0.2) is 46.8 Å². The average molecular weight is 329 g/mol. The topological polar surface area (TPSA) is 60.6 Å². The molecule has 6 heteroatoms. The van der Waals surface area contributed by atoms with E-state index >= 15 is 0 Å². The van der Waals surface area contributed by atoms with Crippen LogP contribution in [0, 0.1) is 12.8 Å². The first kappa shape index (κ1) is 15.6. The summed E-state index contributed by atoms with van der Waals surface area (Å²) in [6.45, 7) is 5.17. The molecule has 2 aromatic rings. The number of nitrogens with zero attached hydrogens (tertiary/aromatic N) is 3. The van der Waals surface area contributed by atoms with E-state index in [9.17, 15) is 0 Å². The molecule has 1 saturated carbocycles. The molecule has 0 radical (unpaired) electrons. The molecule has 0 aromatic carbocycles. The zero-order valence-corrected chi connectivity index (χ0v) is 13.9. The van der Waals surface area contributed by atoms with Gasteiger partial charge >= 0.3 is 6.01 Å². The molecule has 1 aliphatic carbocycles. The van der Waals surface area contributed by atoms with Crippen LogP contribution in [0.3, 0.4) is 0 Å². The molecule has 3 atom stereocenters. The van der Waals surface area contributed by atoms with E-state index in [1.54, 1.807) is 18.5 Å². The fourth-order valence-electron chi connectivity index (χ4n) is 3.82. The second-order valence-electron chi connectivity index (χ2n) is 6.57. The third-order valence-electron chi connectivity index (χ3n) is 4.96. The maximum atomic E-state index is 6.08. The van der Waals surface area contributed by atoms with Crippen molar-refractivity contribution in [2.24, 2.45) is 5.92 Å². The van der Waals surface area contributed by atoms with Gasteiger partial charge in [-0.15, -0.1) is 0 Å². The van der Waals surface area contributed by atoms with Crippen LogP contribution in [0.15, 0.2) is 35.0 Å². The summed E-state index contributed by atoms with van der Waals surface area (Å²) in [5, 5.41) is 0. The summed E-state index contributed by atoms with van der Waals surface area (Å²) >= 11 is 0. The Morgan fingerprint density at radius 2 is 2.12 bits per heavy atom. The highest BCUT2D eigenvalue weighted by atomic mass is 16.5. The predicted molar refractivity (Wildman–Crippen MR) is 87.6 cm³/mol. The Morgan fingerprint density at radius 1 is 1.25 bits per heavy atom. The van der Waals surface area contributed by atoms with Crippen LogP contribution in [0.4, 0.5) is 0 Å². The van der Waals surface area contributed by atoms with Crippen LogP contribution in [0.25, 0.3) is 0 Å². The smallest absolute Gasteiger partial charge is 0.316 e. The number of hydrogen-bond donors (Lipinski definition) is 0. The molecule has 0 amide bonds. The molecule has 0 bridgehead atoms. The maximum Gasteiger partial charge on any atom is 0.316 e. The van der Waals surface area contributed by atoms with E-state index in [0.29, 0.717) is 24.6 Å². The average Bonchev–Trinajstić information content (AvgIpc) is 3.21. The summed E-state index contributed by atoms with van der Waals surface area (Å²) in [7, 11) is 0. The fraction of sp³-hybridized carbons (Fsp3) is 0.556. The Kier molecular flexibility index (Phi) is 4.49. The summed E-state index contributed by atoms with van der Waals surface area (Å²) in [5.74, 6) is 2.39. The van der Waals surface area contributed by atoms with Gasteiger partial charge in [0.1, 0.15) is 11.5 Å². The van der Waals surface area contributed by atoms with E-state index in [1.807, 2.05) is 13.0 Å². The lowest BCUT2D eigenvalue weighted by molar-refractivity contribution is -0.0834. The first-order valence-corrected chi connectivity index (χ1v) is 8.60. The number of aryl methyl sites for hydroxylation is 1. The number of morpholine rings is 1. The Morgan fingerprint density at radius 3 is 2.92 bits per heavy atom. The highest BCUT2D eigenvalue weighted by Gasteiger charge is 2.43. The minimum atomic E-state index is 0.221. The SMILES string of the molecule is Cc1ccc(CN2CCO[C@@H]3[C@H](COc4ncccn4)CC[C@@H]32)o1. The van der Waals surface area contributed by atoms with E-state index in [0.717, 1.165) is 44.1 Å². The van der Waals surface area contributed by atoms with Crippen molar-refractivity contribution in [1.82, 2.24) is 14.9 Å². The summed E-state index contributed by atoms with van der Waals surface area (Å²) in [6.07, 6.45) is 5.86. The van der Waals surface area contributed by atoms with E-state index in [-0.39, 0.29) is 6.10 Å². The Hall–Kier alpha value is -1.92. The molecule has 1 saturated heterocycles. The van der Waals surface area contributed by atoms with Crippen molar-refractivity contribution in [1.29, 1.82) is 0 Å². The van der Waals surface area contributed by atoms with Gasteiger partial charge in [0.2, 0.25) is 0 Å². The standard InChI is InChI=1S/C18H23N3O3/c1-13-3-5-15(24-13)11-21-9-10-22-17-14(4-6-16(17)21)12-23-18-19-7-2-8-20-18/h2-3,5,7-8,14,16-17H,4,6,9-12H2,1H3/t14-,16-,17+/m0/s1. The molecule has 1 aliphatic heterocycles. The zero-order chi connectivity index (χ0) is 16.4. The van der Waals surface area contributed by atoms with E-state index < -0.39 is 0 Å². The number of ether oxygens (including phenoxy) is 2. The van der Waals surface area contributed by atoms with Crippen LogP contribution >= 0.6 is 0 Å². The molecule has 0 N–H and O–H groups in total. The minimum Gasteiger partial charge on any atom is -0.465 e. The van der Waals surface area contributed by atoms with Crippen LogP contribution in [0.5, 0.6) is 6.01 Å². The number of aromatic nitrogens is 2.